The fourth-order valence-corrected chi connectivity index (χ4v) is 4.04. The van der Waals surface area contributed by atoms with Crippen LogP contribution in [0, 0.1) is 0 Å². The van der Waals surface area contributed by atoms with Gasteiger partial charge in [-0.3, -0.25) is 0 Å². The fraction of sp³-hybridized carbons (Fsp3) is 0.600. The van der Waals surface area contributed by atoms with Gasteiger partial charge in [0, 0.05) is 14.1 Å². The van der Waals surface area contributed by atoms with E-state index in [9.17, 15) is 0 Å². The Bertz CT molecular complexity index is 910. The molecule has 0 spiro atoms. The molecule has 2 rings (SSSR count). The highest BCUT2D eigenvalue weighted by atomic mass is 16.5. The Morgan fingerprint density at radius 3 is 1.29 bits per heavy atom. The molecule has 2 atom stereocenters. The minimum absolute atomic E-state index is 0.435. The van der Waals surface area contributed by atoms with E-state index in [1.807, 2.05) is 0 Å². The van der Waals surface area contributed by atoms with Crippen molar-refractivity contribution in [3.63, 3.8) is 0 Å². The summed E-state index contributed by atoms with van der Waals surface area (Å²) in [6, 6.07) is 13.7. The molecule has 4 heteroatoms. The van der Waals surface area contributed by atoms with Crippen molar-refractivity contribution in [2.45, 2.75) is 90.3 Å². The molecular formula is C30H46O4. The largest absolute Gasteiger partial charge is 0.494 e. The van der Waals surface area contributed by atoms with Crippen molar-refractivity contribution in [3.8, 4) is 11.5 Å². The van der Waals surface area contributed by atoms with Crippen LogP contribution in [0.2, 0.25) is 0 Å². The third kappa shape index (κ3) is 7.23. The maximum absolute atomic E-state index is 7.93. The summed E-state index contributed by atoms with van der Waals surface area (Å²) in [5.41, 5.74) is -2.58. The Balaban J connectivity index is 2.42. The molecule has 2 aromatic carbocycles. The summed E-state index contributed by atoms with van der Waals surface area (Å²) in [5, 5.41) is 0. The zero-order valence-electron chi connectivity index (χ0n) is 27.3. The lowest BCUT2D eigenvalue weighted by Crippen LogP contribution is -2.48. The number of unbranched alkanes of at least 4 members (excludes halogenated alkanes) is 6. The van der Waals surface area contributed by atoms with Crippen molar-refractivity contribution in [1.29, 1.82) is 0 Å². The average molecular weight is 477 g/mol. The van der Waals surface area contributed by atoms with Crippen LogP contribution in [0.1, 0.15) is 98.4 Å². The molecule has 0 saturated heterocycles. The molecular weight excluding hydrogens is 424 g/mol. The lowest BCUT2D eigenvalue weighted by atomic mass is 9.75. The molecule has 34 heavy (non-hydrogen) atoms. The van der Waals surface area contributed by atoms with E-state index in [2.05, 4.69) is 13.8 Å². The van der Waals surface area contributed by atoms with Crippen molar-refractivity contribution in [1.82, 2.24) is 0 Å². The Hall–Kier alpha value is -2.04. The number of hydrogen-bond donors (Lipinski definition) is 0. The Labute approximate surface area is 216 Å². The predicted molar refractivity (Wildman–Crippen MR) is 141 cm³/mol. The van der Waals surface area contributed by atoms with Gasteiger partial charge in [-0.25, -0.2) is 0 Å². The highest BCUT2D eigenvalue weighted by Crippen LogP contribution is 2.46. The number of hydrogen-bond acceptors (Lipinski definition) is 4. The molecule has 0 fully saturated rings. The zero-order valence-corrected chi connectivity index (χ0v) is 21.3. The third-order valence-electron chi connectivity index (χ3n) is 6.66. The van der Waals surface area contributed by atoms with Crippen LogP contribution in [0.5, 0.6) is 11.5 Å². The highest BCUT2D eigenvalue weighted by Gasteiger charge is 2.48. The summed E-state index contributed by atoms with van der Waals surface area (Å²) in [6.07, 6.45) is 8.66. The van der Waals surface area contributed by atoms with Gasteiger partial charge < -0.3 is 18.9 Å². The van der Waals surface area contributed by atoms with Crippen molar-refractivity contribution in [2.75, 3.05) is 27.3 Å². The summed E-state index contributed by atoms with van der Waals surface area (Å²) >= 11 is 0. The van der Waals surface area contributed by atoms with Crippen molar-refractivity contribution < 1.29 is 27.2 Å². The minimum Gasteiger partial charge on any atom is -0.494 e. The van der Waals surface area contributed by atoms with E-state index in [4.69, 9.17) is 27.2 Å². The van der Waals surface area contributed by atoms with E-state index in [-0.39, 0.29) is 0 Å². The van der Waals surface area contributed by atoms with Crippen LogP contribution in [0.3, 0.4) is 0 Å². The quantitative estimate of drug-likeness (QED) is 0.217. The topological polar surface area (TPSA) is 36.9 Å². The van der Waals surface area contributed by atoms with Gasteiger partial charge in [-0.2, -0.15) is 0 Å². The van der Waals surface area contributed by atoms with Crippen LogP contribution in [0.15, 0.2) is 48.5 Å². The van der Waals surface area contributed by atoms with Gasteiger partial charge in [0.05, 0.1) is 21.4 Å². The molecule has 2 aromatic rings. The van der Waals surface area contributed by atoms with Crippen molar-refractivity contribution in [2.24, 2.45) is 0 Å². The van der Waals surface area contributed by atoms with Crippen molar-refractivity contribution >= 4 is 0 Å². The first-order chi connectivity index (χ1) is 18.7. The molecule has 0 N–H and O–H groups in total. The van der Waals surface area contributed by atoms with Crippen LogP contribution >= 0.6 is 0 Å². The zero-order chi connectivity index (χ0) is 29.9. The molecule has 0 amide bonds. The predicted octanol–water partition coefficient (Wildman–Crippen LogP) is 8.03. The molecule has 0 radical (unpaired) electrons. The maximum Gasteiger partial charge on any atom is 0.123 e. The lowest BCUT2D eigenvalue weighted by Gasteiger charge is -2.45. The first kappa shape index (κ1) is 20.2. The van der Waals surface area contributed by atoms with Gasteiger partial charge in [0.2, 0.25) is 0 Å². The van der Waals surface area contributed by atoms with Gasteiger partial charge in [-0.1, -0.05) is 76.6 Å². The molecule has 2 unspecified atom stereocenters. The number of benzene rings is 2. The molecule has 190 valence electrons. The van der Waals surface area contributed by atoms with Gasteiger partial charge in [-0.15, -0.1) is 0 Å². The van der Waals surface area contributed by atoms with Crippen LogP contribution < -0.4 is 9.47 Å². The summed E-state index contributed by atoms with van der Waals surface area (Å²) in [4.78, 5) is 0. The molecule has 0 aliphatic rings. The summed E-state index contributed by atoms with van der Waals surface area (Å²) in [5.74, 6) is 1.27. The van der Waals surface area contributed by atoms with E-state index in [1.54, 1.807) is 62.4 Å². The third-order valence-corrected chi connectivity index (χ3v) is 6.66. The van der Waals surface area contributed by atoms with Gasteiger partial charge in [0.15, 0.2) is 0 Å². The second-order valence-corrected chi connectivity index (χ2v) is 9.14. The lowest BCUT2D eigenvalue weighted by molar-refractivity contribution is -0.180. The van der Waals surface area contributed by atoms with E-state index >= 15 is 0 Å². The van der Waals surface area contributed by atoms with Crippen LogP contribution in [-0.4, -0.2) is 27.3 Å². The second kappa shape index (κ2) is 14.4. The molecule has 4 nitrogen and oxygen atoms in total. The Morgan fingerprint density at radius 2 is 0.971 bits per heavy atom. The van der Waals surface area contributed by atoms with Gasteiger partial charge in [0.25, 0.3) is 0 Å². The number of ether oxygens (including phenoxy) is 4. The van der Waals surface area contributed by atoms with E-state index in [0.717, 1.165) is 51.4 Å². The van der Waals surface area contributed by atoms with Crippen LogP contribution in [0.25, 0.3) is 0 Å². The standard InChI is InChI=1S/C30H46O4/c1-7-9-11-13-23-33-27-19-15-25(16-20-27)29(3,31-5)30(4,32-6)26-17-21-28(22-18-26)34-24-14-12-10-8-2/h15-22H,7-14,23-24H2,1-6H3/i5D3,6D3. The minimum atomic E-state index is -2.84. The van der Waals surface area contributed by atoms with Gasteiger partial charge in [-0.05, 0) is 62.1 Å². The average Bonchev–Trinajstić information content (AvgIpc) is 2.87. The normalized spacial score (nSPS) is 18.2. The maximum atomic E-state index is 7.93. The van der Waals surface area contributed by atoms with E-state index < -0.39 is 25.3 Å². The SMILES string of the molecule is [2H]C([2H])([2H])OC(C)(c1ccc(OCCCCCC)cc1)C(C)(OC([2H])([2H])[2H])c1ccc(OCCCCCC)cc1. The Morgan fingerprint density at radius 1 is 0.588 bits per heavy atom. The number of rotatable bonds is 17. The summed E-state index contributed by atoms with van der Waals surface area (Å²) < 4.78 is 70.7. The fourth-order valence-electron chi connectivity index (χ4n) is 4.04. The van der Waals surface area contributed by atoms with E-state index in [1.165, 1.54) is 0 Å². The monoisotopic (exact) mass is 476 g/mol. The van der Waals surface area contributed by atoms with E-state index in [0.29, 0.717) is 35.8 Å². The van der Waals surface area contributed by atoms with Crippen LogP contribution in [0.4, 0.5) is 0 Å². The molecule has 0 aliphatic carbocycles. The first-order valence-electron chi connectivity index (χ1n) is 15.6. The smallest absolute Gasteiger partial charge is 0.123 e. The molecule has 0 bridgehead atoms. The number of methoxy groups -OCH3 is 2. The van der Waals surface area contributed by atoms with Crippen LogP contribution in [-0.2, 0) is 20.7 Å². The second-order valence-electron chi connectivity index (χ2n) is 9.14. The molecule has 0 aliphatic heterocycles. The summed E-state index contributed by atoms with van der Waals surface area (Å²) in [6.45, 7) is 8.55. The van der Waals surface area contributed by atoms with Crippen molar-refractivity contribution in [3.05, 3.63) is 59.7 Å². The van der Waals surface area contributed by atoms with Gasteiger partial charge in [0.1, 0.15) is 22.7 Å². The molecule has 0 saturated carbocycles. The van der Waals surface area contributed by atoms with Gasteiger partial charge >= 0.3 is 0 Å². The first-order valence-corrected chi connectivity index (χ1v) is 12.6. The molecule has 0 heterocycles. The summed E-state index contributed by atoms with van der Waals surface area (Å²) in [7, 11) is -5.69. The molecule has 0 aromatic heterocycles. The Kier molecular flexibility index (Phi) is 8.54. The highest BCUT2D eigenvalue weighted by molar-refractivity contribution is 5.38.